The second kappa shape index (κ2) is 2.99. The van der Waals surface area contributed by atoms with Gasteiger partial charge in [-0.15, -0.1) is 11.3 Å². The van der Waals surface area contributed by atoms with E-state index in [0.29, 0.717) is 0 Å². The van der Waals surface area contributed by atoms with E-state index in [9.17, 15) is 0 Å². The minimum atomic E-state index is 0. The van der Waals surface area contributed by atoms with Gasteiger partial charge in [0.1, 0.15) is 0 Å². The summed E-state index contributed by atoms with van der Waals surface area (Å²) in [5, 5.41) is 0. The zero-order valence-electron chi connectivity index (χ0n) is 5.12. The number of hydrogen-bond donors (Lipinski definition) is 0. The fraction of sp³-hybridized carbons (Fsp3) is 0. The van der Waals surface area contributed by atoms with Gasteiger partial charge in [0.05, 0.1) is 15.7 Å². The van der Waals surface area contributed by atoms with Crippen molar-refractivity contribution < 1.29 is 12.4 Å². The Balaban J connectivity index is 0.000000500. The minimum absolute atomic E-state index is 0. The van der Waals surface area contributed by atoms with Crippen LogP contribution in [0.1, 0.15) is 0 Å². The van der Waals surface area contributed by atoms with Gasteiger partial charge in [-0.3, -0.25) is 0 Å². The van der Waals surface area contributed by atoms with Crippen LogP contribution in [0.3, 0.4) is 0 Å². The number of thiazole rings is 1. The predicted octanol–water partition coefficient (Wildman–Crippen LogP) is -0.700. The first kappa shape index (κ1) is 7.51. The van der Waals surface area contributed by atoms with Gasteiger partial charge in [-0.1, -0.05) is 12.1 Å². The minimum Gasteiger partial charge on any atom is -1.00 e. The molecule has 2 rings (SSSR count). The largest absolute Gasteiger partial charge is 1.00 e. The molecule has 0 aliphatic carbocycles. The van der Waals surface area contributed by atoms with Crippen LogP contribution in [-0.2, 0) is 0 Å². The molecule has 0 unspecified atom stereocenters. The number of benzene rings is 1. The van der Waals surface area contributed by atoms with Crippen LogP contribution in [0.2, 0.25) is 0 Å². The lowest BCUT2D eigenvalue weighted by atomic mass is 10.3. The van der Waals surface area contributed by atoms with Crippen LogP contribution < -0.4 is 12.4 Å². The summed E-state index contributed by atoms with van der Waals surface area (Å²) in [4.78, 5) is 4.14. The van der Waals surface area contributed by atoms with Crippen molar-refractivity contribution >= 4 is 21.6 Å². The van der Waals surface area contributed by atoms with Gasteiger partial charge < -0.3 is 12.4 Å². The highest BCUT2D eigenvalue weighted by atomic mass is 35.5. The summed E-state index contributed by atoms with van der Waals surface area (Å²) >= 11 is 1.68. The monoisotopic (exact) mass is 170 g/mol. The van der Waals surface area contributed by atoms with Crippen molar-refractivity contribution in [1.82, 2.24) is 4.98 Å². The van der Waals surface area contributed by atoms with Crippen molar-refractivity contribution in [3.63, 3.8) is 0 Å². The Morgan fingerprint density at radius 2 is 2.00 bits per heavy atom. The molecule has 1 aromatic carbocycles. The molecule has 0 fully saturated rings. The molecule has 0 N–H and O–H groups in total. The third-order valence-electron chi connectivity index (χ3n) is 1.24. The summed E-state index contributed by atoms with van der Waals surface area (Å²) in [6.07, 6.45) is 0. The quantitative estimate of drug-likeness (QED) is 0.510. The van der Waals surface area contributed by atoms with E-state index in [4.69, 9.17) is 0 Å². The zero-order chi connectivity index (χ0) is 6.10. The van der Waals surface area contributed by atoms with Crippen LogP contribution in [0.5, 0.6) is 0 Å². The molecule has 1 nitrogen and oxygen atoms in total. The number of aromatic nitrogens is 1. The van der Waals surface area contributed by atoms with Gasteiger partial charge in [0, 0.05) is 0 Å². The van der Waals surface area contributed by atoms with E-state index in [2.05, 4.69) is 11.1 Å². The summed E-state index contributed by atoms with van der Waals surface area (Å²) in [7, 11) is 0. The number of fused-ring (bicyclic) bond motifs is 1. The molecule has 2 aromatic rings. The zero-order valence-corrected chi connectivity index (χ0v) is 6.69. The third kappa shape index (κ3) is 1.13. The first-order valence-electron chi connectivity index (χ1n) is 2.75. The highest BCUT2D eigenvalue weighted by Gasteiger charge is 1.89. The summed E-state index contributed by atoms with van der Waals surface area (Å²) < 4.78 is 1.26. The van der Waals surface area contributed by atoms with E-state index in [1.54, 1.807) is 11.3 Å². The van der Waals surface area contributed by atoms with Gasteiger partial charge in [-0.25, -0.2) is 4.98 Å². The van der Waals surface area contributed by atoms with Gasteiger partial charge in [-0.05, 0) is 12.1 Å². The number of halogens is 1. The van der Waals surface area contributed by atoms with Crippen LogP contribution in [0.25, 0.3) is 10.2 Å². The number of hydrogen-bond acceptors (Lipinski definition) is 2. The maximum atomic E-state index is 4.14. The predicted molar refractivity (Wildman–Crippen MR) is 39.6 cm³/mol. The molecule has 0 bridgehead atoms. The van der Waals surface area contributed by atoms with Gasteiger partial charge in [0.25, 0.3) is 0 Å². The van der Waals surface area contributed by atoms with Crippen LogP contribution >= 0.6 is 11.3 Å². The summed E-state index contributed by atoms with van der Waals surface area (Å²) in [5.41, 5.74) is 2.97. The van der Waals surface area contributed by atoms with E-state index < -0.39 is 0 Å². The first-order valence-corrected chi connectivity index (χ1v) is 3.63. The van der Waals surface area contributed by atoms with Crippen LogP contribution in [0, 0.1) is 0 Å². The van der Waals surface area contributed by atoms with Crippen LogP contribution in [0.4, 0.5) is 0 Å². The average molecular weight is 171 g/mol. The van der Waals surface area contributed by atoms with E-state index in [0.717, 1.165) is 5.52 Å². The number of para-hydroxylation sites is 1. The Hall–Kier alpha value is -0.600. The van der Waals surface area contributed by atoms with Crippen molar-refractivity contribution in [2.75, 3.05) is 0 Å². The van der Waals surface area contributed by atoms with E-state index in [-0.39, 0.29) is 12.4 Å². The molecule has 0 amide bonds. The van der Waals surface area contributed by atoms with Gasteiger partial charge in [-0.2, -0.15) is 0 Å². The second-order valence-electron chi connectivity index (χ2n) is 1.82. The number of nitrogens with zero attached hydrogens (tertiary/aromatic N) is 1. The highest BCUT2D eigenvalue weighted by molar-refractivity contribution is 7.16. The maximum Gasteiger partial charge on any atom is 0.0812 e. The lowest BCUT2D eigenvalue weighted by Crippen LogP contribution is -3.00. The molecule has 0 aliphatic heterocycles. The first-order chi connectivity index (χ1) is 4.47. The lowest BCUT2D eigenvalue weighted by Gasteiger charge is -1.80. The molecule has 0 aliphatic rings. The summed E-state index contributed by atoms with van der Waals surface area (Å²) in [6.45, 7) is 0. The molecule has 0 atom stereocenters. The summed E-state index contributed by atoms with van der Waals surface area (Å²) in [6, 6.07) is 8.13. The molecule has 3 heteroatoms. The number of rotatable bonds is 0. The lowest BCUT2D eigenvalue weighted by molar-refractivity contribution is -0.00000172. The van der Waals surface area contributed by atoms with Gasteiger partial charge in [0.2, 0.25) is 0 Å². The Labute approximate surface area is 69.1 Å². The molecular formula is C7H5ClNS-. The molecule has 0 saturated heterocycles. The molecule has 1 aromatic heterocycles. The SMILES string of the molecule is [Cl-].c1ccc2scnc2c1. The van der Waals surface area contributed by atoms with Crippen molar-refractivity contribution in [3.8, 4) is 0 Å². The molecule has 0 saturated carbocycles. The summed E-state index contributed by atoms with van der Waals surface area (Å²) in [5.74, 6) is 0. The fourth-order valence-corrected chi connectivity index (χ4v) is 1.48. The van der Waals surface area contributed by atoms with Gasteiger partial charge >= 0.3 is 0 Å². The Kier molecular flexibility index (Phi) is 2.25. The molecule has 1 heterocycles. The van der Waals surface area contributed by atoms with Crippen molar-refractivity contribution in [1.29, 1.82) is 0 Å². The molecule has 0 radical (unpaired) electrons. The molecule has 0 spiro atoms. The normalized spacial score (nSPS) is 9.20. The molecular weight excluding hydrogens is 166 g/mol. The average Bonchev–Trinajstić information content (AvgIpc) is 2.33. The molecule has 10 heavy (non-hydrogen) atoms. The van der Waals surface area contributed by atoms with Crippen molar-refractivity contribution in [2.45, 2.75) is 0 Å². The van der Waals surface area contributed by atoms with Gasteiger partial charge in [0.15, 0.2) is 0 Å². The van der Waals surface area contributed by atoms with Crippen LogP contribution in [-0.4, -0.2) is 4.98 Å². The highest BCUT2D eigenvalue weighted by Crippen LogP contribution is 2.15. The Morgan fingerprint density at radius 1 is 1.20 bits per heavy atom. The smallest absolute Gasteiger partial charge is 0.0812 e. The van der Waals surface area contributed by atoms with E-state index in [1.807, 2.05) is 23.7 Å². The van der Waals surface area contributed by atoms with Crippen molar-refractivity contribution in [3.05, 3.63) is 29.8 Å². The van der Waals surface area contributed by atoms with E-state index in [1.165, 1.54) is 4.70 Å². The molecule has 52 valence electrons. The second-order valence-corrected chi connectivity index (χ2v) is 2.71. The van der Waals surface area contributed by atoms with E-state index >= 15 is 0 Å². The Morgan fingerprint density at radius 3 is 2.80 bits per heavy atom. The Bertz CT molecular complexity index is 288. The standard InChI is InChI=1S/C7H5NS.ClH/c1-2-4-7-6(3-1)8-5-9-7;/h1-5H;1H/p-1. The fourth-order valence-electron chi connectivity index (χ4n) is 0.803. The van der Waals surface area contributed by atoms with Crippen LogP contribution in [0.15, 0.2) is 29.8 Å². The van der Waals surface area contributed by atoms with Crippen molar-refractivity contribution in [2.24, 2.45) is 0 Å². The third-order valence-corrected chi connectivity index (χ3v) is 2.05. The maximum absolute atomic E-state index is 4.14. The topological polar surface area (TPSA) is 12.9 Å².